The number of nitrogens with one attached hydrogen (secondary N) is 1. The molecule has 1 amide bonds. The SMILES string of the molecule is CCC(CN)N1CCN(S(=O)(=O)NC(=O)OC)CC1. The summed E-state index contributed by atoms with van der Waals surface area (Å²) >= 11 is 0. The maximum atomic E-state index is 11.8. The van der Waals surface area contributed by atoms with Gasteiger partial charge in [-0.3, -0.25) is 4.90 Å². The number of methoxy groups -OCH3 is 1. The molecule has 1 aliphatic heterocycles. The summed E-state index contributed by atoms with van der Waals surface area (Å²) in [5.74, 6) is 0. The third-order valence-electron chi connectivity index (χ3n) is 3.27. The van der Waals surface area contributed by atoms with Crippen LogP contribution in [0.2, 0.25) is 0 Å². The number of amides is 1. The maximum absolute atomic E-state index is 11.8. The molecular formula is C10H22N4O4S. The van der Waals surface area contributed by atoms with Crippen molar-refractivity contribution in [3.05, 3.63) is 0 Å². The van der Waals surface area contributed by atoms with Gasteiger partial charge in [-0.05, 0) is 6.42 Å². The zero-order valence-electron chi connectivity index (χ0n) is 11.3. The zero-order chi connectivity index (χ0) is 14.5. The van der Waals surface area contributed by atoms with Crippen LogP contribution >= 0.6 is 0 Å². The van der Waals surface area contributed by atoms with Crippen molar-refractivity contribution in [2.75, 3.05) is 39.8 Å². The van der Waals surface area contributed by atoms with Crippen LogP contribution < -0.4 is 10.5 Å². The standard InChI is InChI=1S/C10H22N4O4S/c1-3-9(8-11)13-4-6-14(7-5-13)19(16,17)12-10(15)18-2/h9H,3-8,11H2,1-2H3,(H,12,15). The molecule has 9 heteroatoms. The molecule has 1 heterocycles. The van der Waals surface area contributed by atoms with Crippen molar-refractivity contribution in [2.45, 2.75) is 19.4 Å². The Kier molecular flexibility index (Phi) is 5.98. The second-order valence-electron chi connectivity index (χ2n) is 4.33. The number of hydrogen-bond acceptors (Lipinski definition) is 6. The molecule has 1 aliphatic rings. The first-order valence-corrected chi connectivity index (χ1v) is 7.68. The molecule has 0 aliphatic carbocycles. The van der Waals surface area contributed by atoms with E-state index in [1.54, 1.807) is 0 Å². The molecule has 1 rings (SSSR count). The third kappa shape index (κ3) is 4.30. The predicted octanol–water partition coefficient (Wildman–Crippen LogP) is -1.06. The van der Waals surface area contributed by atoms with E-state index in [2.05, 4.69) is 16.6 Å². The molecular weight excluding hydrogens is 272 g/mol. The molecule has 0 aromatic carbocycles. The summed E-state index contributed by atoms with van der Waals surface area (Å²) in [6.45, 7) is 4.50. The normalized spacial score (nSPS) is 19.9. The largest absolute Gasteiger partial charge is 0.452 e. The summed E-state index contributed by atoms with van der Waals surface area (Å²) in [6, 6.07) is 0.276. The van der Waals surface area contributed by atoms with Crippen LogP contribution in [0.1, 0.15) is 13.3 Å². The highest BCUT2D eigenvalue weighted by Gasteiger charge is 2.30. The van der Waals surface area contributed by atoms with E-state index in [0.717, 1.165) is 13.5 Å². The Bertz CT molecular complexity index is 388. The number of ether oxygens (including phenoxy) is 1. The number of piperazine rings is 1. The molecule has 8 nitrogen and oxygen atoms in total. The Hall–Kier alpha value is -0.900. The van der Waals surface area contributed by atoms with Crippen molar-refractivity contribution in [1.82, 2.24) is 13.9 Å². The minimum atomic E-state index is -3.81. The zero-order valence-corrected chi connectivity index (χ0v) is 12.1. The fraction of sp³-hybridized carbons (Fsp3) is 0.900. The lowest BCUT2D eigenvalue weighted by Crippen LogP contribution is -2.56. The van der Waals surface area contributed by atoms with Crippen LogP contribution in [-0.2, 0) is 14.9 Å². The molecule has 3 N–H and O–H groups in total. The van der Waals surface area contributed by atoms with Crippen molar-refractivity contribution in [3.63, 3.8) is 0 Å². The van der Waals surface area contributed by atoms with Gasteiger partial charge in [-0.15, -0.1) is 0 Å². The van der Waals surface area contributed by atoms with E-state index in [4.69, 9.17) is 5.73 Å². The van der Waals surface area contributed by atoms with Gasteiger partial charge < -0.3 is 10.5 Å². The van der Waals surface area contributed by atoms with Gasteiger partial charge in [-0.25, -0.2) is 9.52 Å². The summed E-state index contributed by atoms with van der Waals surface area (Å²) in [6.07, 6.45) is -0.0419. The molecule has 112 valence electrons. The molecule has 0 spiro atoms. The van der Waals surface area contributed by atoms with E-state index in [-0.39, 0.29) is 6.04 Å². The molecule has 1 atom stereocenters. The molecule has 0 aromatic heterocycles. The van der Waals surface area contributed by atoms with Crippen molar-refractivity contribution in [3.8, 4) is 0 Å². The van der Waals surface area contributed by atoms with Gasteiger partial charge >= 0.3 is 16.3 Å². The van der Waals surface area contributed by atoms with Gasteiger partial charge in [-0.1, -0.05) is 6.92 Å². The number of carbonyl (C=O) groups is 1. The lowest BCUT2D eigenvalue weighted by Gasteiger charge is -2.37. The van der Waals surface area contributed by atoms with Gasteiger partial charge in [0.2, 0.25) is 0 Å². The van der Waals surface area contributed by atoms with Crippen LogP contribution in [0, 0.1) is 0 Å². The molecule has 1 fully saturated rings. The van der Waals surface area contributed by atoms with Crippen LogP contribution in [0.3, 0.4) is 0 Å². The highest BCUT2D eigenvalue weighted by Crippen LogP contribution is 2.10. The monoisotopic (exact) mass is 294 g/mol. The minimum Gasteiger partial charge on any atom is -0.452 e. The highest BCUT2D eigenvalue weighted by molar-refractivity contribution is 7.87. The highest BCUT2D eigenvalue weighted by atomic mass is 32.2. The van der Waals surface area contributed by atoms with Crippen LogP contribution in [-0.4, -0.2) is 69.6 Å². The Labute approximate surface area is 114 Å². The molecule has 1 unspecified atom stereocenters. The number of rotatable bonds is 5. The molecule has 1 saturated heterocycles. The summed E-state index contributed by atoms with van der Waals surface area (Å²) in [4.78, 5) is 13.1. The molecule has 0 aromatic rings. The average Bonchev–Trinajstić information content (AvgIpc) is 2.40. The summed E-state index contributed by atoms with van der Waals surface area (Å²) in [5, 5.41) is 0. The van der Waals surface area contributed by atoms with Crippen molar-refractivity contribution < 1.29 is 17.9 Å². The Morgan fingerprint density at radius 3 is 2.37 bits per heavy atom. The lowest BCUT2D eigenvalue weighted by atomic mass is 10.1. The first-order valence-electron chi connectivity index (χ1n) is 6.24. The quantitative estimate of drug-likeness (QED) is 0.670. The van der Waals surface area contributed by atoms with E-state index >= 15 is 0 Å². The lowest BCUT2D eigenvalue weighted by molar-refractivity contribution is 0.135. The van der Waals surface area contributed by atoms with Crippen molar-refractivity contribution >= 4 is 16.3 Å². The molecule has 0 saturated carbocycles. The average molecular weight is 294 g/mol. The molecule has 0 radical (unpaired) electrons. The van der Waals surface area contributed by atoms with Gasteiger partial charge in [0, 0.05) is 38.8 Å². The van der Waals surface area contributed by atoms with Gasteiger partial charge in [-0.2, -0.15) is 12.7 Å². The minimum absolute atomic E-state index is 0.276. The number of carbonyl (C=O) groups excluding carboxylic acids is 1. The second kappa shape index (κ2) is 7.04. The van der Waals surface area contributed by atoms with Gasteiger partial charge in [0.25, 0.3) is 0 Å². The fourth-order valence-electron chi connectivity index (χ4n) is 2.09. The number of nitrogens with two attached hydrogens (primary N) is 1. The van der Waals surface area contributed by atoms with E-state index in [9.17, 15) is 13.2 Å². The summed E-state index contributed by atoms with van der Waals surface area (Å²) < 4.78 is 31.1. The fourth-order valence-corrected chi connectivity index (χ4v) is 3.16. The topological polar surface area (TPSA) is 105 Å². The first-order chi connectivity index (χ1) is 8.94. The van der Waals surface area contributed by atoms with Gasteiger partial charge in [0.05, 0.1) is 7.11 Å². The maximum Gasteiger partial charge on any atom is 0.421 e. The van der Waals surface area contributed by atoms with Crippen molar-refractivity contribution in [2.24, 2.45) is 5.73 Å². The van der Waals surface area contributed by atoms with E-state index in [1.807, 2.05) is 4.72 Å². The van der Waals surface area contributed by atoms with Gasteiger partial charge in [0.1, 0.15) is 0 Å². The summed E-state index contributed by atoms with van der Waals surface area (Å²) in [5.41, 5.74) is 5.67. The van der Waals surface area contributed by atoms with Crippen LogP contribution in [0.25, 0.3) is 0 Å². The Balaban J connectivity index is 2.56. The molecule has 19 heavy (non-hydrogen) atoms. The van der Waals surface area contributed by atoms with Crippen LogP contribution in [0.15, 0.2) is 0 Å². The van der Waals surface area contributed by atoms with Crippen LogP contribution in [0.4, 0.5) is 4.79 Å². The molecule has 0 bridgehead atoms. The summed E-state index contributed by atoms with van der Waals surface area (Å²) in [7, 11) is -2.69. The van der Waals surface area contributed by atoms with Crippen LogP contribution in [0.5, 0.6) is 0 Å². The number of hydrogen-bond donors (Lipinski definition) is 2. The van der Waals surface area contributed by atoms with E-state index in [1.165, 1.54) is 4.31 Å². The van der Waals surface area contributed by atoms with E-state index < -0.39 is 16.3 Å². The first kappa shape index (κ1) is 16.2. The number of nitrogens with zero attached hydrogens (tertiary/aromatic N) is 2. The predicted molar refractivity (Wildman–Crippen MR) is 70.7 cm³/mol. The van der Waals surface area contributed by atoms with E-state index in [0.29, 0.717) is 32.7 Å². The third-order valence-corrected chi connectivity index (χ3v) is 4.74. The van der Waals surface area contributed by atoms with Gasteiger partial charge in [0.15, 0.2) is 0 Å². The smallest absolute Gasteiger partial charge is 0.421 e. The Morgan fingerprint density at radius 2 is 1.95 bits per heavy atom. The Morgan fingerprint density at radius 1 is 1.37 bits per heavy atom. The van der Waals surface area contributed by atoms with Crippen molar-refractivity contribution in [1.29, 1.82) is 0 Å². The second-order valence-corrected chi connectivity index (χ2v) is 6.00.